The van der Waals surface area contributed by atoms with Crippen LogP contribution in [0.25, 0.3) is 0 Å². The summed E-state index contributed by atoms with van der Waals surface area (Å²) in [6.07, 6.45) is -6.28. The van der Waals surface area contributed by atoms with E-state index in [1.807, 2.05) is 0 Å². The second-order valence-corrected chi connectivity index (χ2v) is 7.64. The summed E-state index contributed by atoms with van der Waals surface area (Å²) in [6, 6.07) is 4.37. The van der Waals surface area contributed by atoms with Crippen LogP contribution in [0.1, 0.15) is 22.8 Å². The molecule has 1 aromatic heterocycles. The van der Waals surface area contributed by atoms with Gasteiger partial charge in [-0.25, -0.2) is 4.39 Å². The number of hydrogen-bond donors (Lipinski definition) is 1. The van der Waals surface area contributed by atoms with Crippen LogP contribution in [0.2, 0.25) is 0 Å². The maximum atomic E-state index is 13.9. The van der Waals surface area contributed by atoms with E-state index in [0.29, 0.717) is 19.2 Å². The van der Waals surface area contributed by atoms with Crippen LogP contribution in [0.3, 0.4) is 0 Å². The molecule has 0 fully saturated rings. The Hall–Kier alpha value is -0.440. The Morgan fingerprint density at radius 2 is 1.80 bits per heavy atom. The maximum absolute atomic E-state index is 13.9. The molecule has 0 saturated carbocycles. The van der Waals surface area contributed by atoms with Crippen molar-refractivity contribution in [1.82, 2.24) is 0 Å². The summed E-state index contributed by atoms with van der Waals surface area (Å²) in [5, 5.41) is 10.1. The number of hydrogen-bond acceptors (Lipinski definition) is 2. The molecule has 20 heavy (non-hydrogen) atoms. The van der Waals surface area contributed by atoms with Gasteiger partial charge in [-0.3, -0.25) is 0 Å². The van der Waals surface area contributed by atoms with Gasteiger partial charge in [0.2, 0.25) is 0 Å². The van der Waals surface area contributed by atoms with Crippen LogP contribution < -0.4 is 0 Å². The lowest BCUT2D eigenvalue weighted by Gasteiger charge is -2.15. The fourth-order valence-electron chi connectivity index (χ4n) is 1.69. The SMILES string of the molecule is OC(c1cc(Br)sc1Br)c1cccc(C(F)(F)F)c1F. The van der Waals surface area contributed by atoms with E-state index < -0.39 is 29.2 Å². The van der Waals surface area contributed by atoms with Gasteiger partial charge in [-0.1, -0.05) is 12.1 Å². The van der Waals surface area contributed by atoms with E-state index >= 15 is 0 Å². The highest BCUT2D eigenvalue weighted by atomic mass is 79.9. The fraction of sp³-hybridized carbons (Fsp3) is 0.167. The molecule has 0 aliphatic heterocycles. The Bertz CT molecular complexity index is 639. The molecule has 1 N–H and O–H groups in total. The number of rotatable bonds is 2. The molecule has 8 heteroatoms. The number of thiophene rings is 1. The van der Waals surface area contributed by atoms with Gasteiger partial charge in [0, 0.05) is 11.1 Å². The second kappa shape index (κ2) is 5.75. The number of benzene rings is 1. The average Bonchev–Trinajstić information content (AvgIpc) is 2.66. The van der Waals surface area contributed by atoms with Gasteiger partial charge in [-0.2, -0.15) is 13.2 Å². The molecule has 1 aromatic carbocycles. The zero-order valence-electron chi connectivity index (χ0n) is 9.51. The molecule has 1 unspecified atom stereocenters. The van der Waals surface area contributed by atoms with Crippen LogP contribution >= 0.6 is 43.2 Å². The largest absolute Gasteiger partial charge is 0.419 e. The van der Waals surface area contributed by atoms with Gasteiger partial charge in [-0.05, 0) is 44.0 Å². The average molecular weight is 434 g/mol. The molecule has 0 saturated heterocycles. The monoisotopic (exact) mass is 432 g/mol. The molecular formula is C12H6Br2F4OS. The minimum Gasteiger partial charge on any atom is -0.383 e. The Balaban J connectivity index is 2.51. The number of aliphatic hydroxyl groups excluding tert-OH is 1. The summed E-state index contributed by atoms with van der Waals surface area (Å²) < 4.78 is 53.1. The number of aliphatic hydroxyl groups is 1. The fourth-order valence-corrected chi connectivity index (χ4v) is 4.57. The maximum Gasteiger partial charge on any atom is 0.419 e. The molecule has 1 atom stereocenters. The van der Waals surface area contributed by atoms with Crippen molar-refractivity contribution >= 4 is 43.2 Å². The molecule has 0 aliphatic rings. The standard InChI is InChI=1S/C12H6Br2F4OS/c13-8-4-6(11(14)20-8)10(19)5-2-1-3-7(9(5)15)12(16,17)18/h1-4,10,19H. The Labute approximate surface area is 132 Å². The quantitative estimate of drug-likeness (QED) is 0.619. The molecule has 0 aliphatic carbocycles. The molecule has 0 radical (unpaired) electrons. The van der Waals surface area contributed by atoms with Crippen LogP contribution in [0, 0.1) is 5.82 Å². The first-order valence-electron chi connectivity index (χ1n) is 5.20. The van der Waals surface area contributed by atoms with Crippen LogP contribution in [-0.2, 0) is 6.18 Å². The lowest BCUT2D eigenvalue weighted by atomic mass is 10.0. The van der Waals surface area contributed by atoms with Gasteiger partial charge >= 0.3 is 6.18 Å². The van der Waals surface area contributed by atoms with Crippen molar-refractivity contribution in [3.8, 4) is 0 Å². The predicted molar refractivity (Wildman–Crippen MR) is 75.2 cm³/mol. The molecule has 1 nitrogen and oxygen atoms in total. The van der Waals surface area contributed by atoms with Crippen molar-refractivity contribution in [1.29, 1.82) is 0 Å². The summed E-state index contributed by atoms with van der Waals surface area (Å²) in [5.74, 6) is -1.46. The highest BCUT2D eigenvalue weighted by molar-refractivity contribution is 9.12. The van der Waals surface area contributed by atoms with Crippen molar-refractivity contribution in [3.05, 3.63) is 54.3 Å². The van der Waals surface area contributed by atoms with Gasteiger partial charge in [0.15, 0.2) is 0 Å². The van der Waals surface area contributed by atoms with Crippen molar-refractivity contribution < 1.29 is 22.7 Å². The first kappa shape index (κ1) is 15.9. The molecule has 1 heterocycles. The number of halogens is 6. The van der Waals surface area contributed by atoms with Crippen LogP contribution in [0.4, 0.5) is 17.6 Å². The van der Waals surface area contributed by atoms with Gasteiger partial charge in [-0.15, -0.1) is 11.3 Å². The van der Waals surface area contributed by atoms with E-state index in [2.05, 4.69) is 31.9 Å². The van der Waals surface area contributed by atoms with E-state index in [-0.39, 0.29) is 0 Å². The summed E-state index contributed by atoms with van der Waals surface area (Å²) in [7, 11) is 0. The molecule has 0 bridgehead atoms. The van der Waals surface area contributed by atoms with E-state index in [1.165, 1.54) is 17.4 Å². The number of alkyl halides is 3. The molecule has 0 amide bonds. The predicted octanol–water partition coefficient (Wildman–Crippen LogP) is 5.51. The smallest absolute Gasteiger partial charge is 0.383 e. The zero-order valence-corrected chi connectivity index (χ0v) is 13.5. The lowest BCUT2D eigenvalue weighted by Crippen LogP contribution is -2.12. The first-order chi connectivity index (χ1) is 9.21. The van der Waals surface area contributed by atoms with Crippen molar-refractivity contribution in [2.45, 2.75) is 12.3 Å². The Morgan fingerprint density at radius 1 is 1.15 bits per heavy atom. The minimum absolute atomic E-state index is 0.306. The van der Waals surface area contributed by atoms with Crippen molar-refractivity contribution in [2.75, 3.05) is 0 Å². The van der Waals surface area contributed by atoms with E-state index in [4.69, 9.17) is 0 Å². The highest BCUT2D eigenvalue weighted by Crippen LogP contribution is 2.40. The normalized spacial score (nSPS) is 13.6. The summed E-state index contributed by atoms with van der Waals surface area (Å²) in [6.45, 7) is 0. The van der Waals surface area contributed by atoms with E-state index in [0.717, 1.165) is 12.1 Å². The summed E-state index contributed by atoms with van der Waals surface area (Å²) in [5.41, 5.74) is -1.50. The van der Waals surface area contributed by atoms with Gasteiger partial charge in [0.05, 0.1) is 13.1 Å². The summed E-state index contributed by atoms with van der Waals surface area (Å²) in [4.78, 5) is 0. The molecule has 0 spiro atoms. The van der Waals surface area contributed by atoms with Gasteiger partial charge in [0.1, 0.15) is 11.9 Å². The van der Waals surface area contributed by atoms with Crippen LogP contribution in [0.15, 0.2) is 31.8 Å². The first-order valence-corrected chi connectivity index (χ1v) is 7.60. The topological polar surface area (TPSA) is 20.2 Å². The highest BCUT2D eigenvalue weighted by Gasteiger charge is 2.36. The molecule has 2 aromatic rings. The third-order valence-electron chi connectivity index (χ3n) is 2.61. The molecule has 2 rings (SSSR count). The van der Waals surface area contributed by atoms with Gasteiger partial charge in [0.25, 0.3) is 0 Å². The van der Waals surface area contributed by atoms with E-state index in [9.17, 15) is 22.7 Å². The van der Waals surface area contributed by atoms with Crippen LogP contribution in [0.5, 0.6) is 0 Å². The summed E-state index contributed by atoms with van der Waals surface area (Å²) >= 11 is 7.61. The zero-order chi connectivity index (χ0) is 15.1. The van der Waals surface area contributed by atoms with Gasteiger partial charge < -0.3 is 5.11 Å². The Morgan fingerprint density at radius 3 is 2.30 bits per heavy atom. The van der Waals surface area contributed by atoms with Crippen molar-refractivity contribution in [3.63, 3.8) is 0 Å². The Kier molecular flexibility index (Phi) is 4.58. The minimum atomic E-state index is -4.80. The third-order valence-corrected chi connectivity index (χ3v) is 4.99. The third kappa shape index (κ3) is 3.08. The lowest BCUT2D eigenvalue weighted by molar-refractivity contribution is -0.140. The molecule has 108 valence electrons. The molecular weight excluding hydrogens is 428 g/mol. The van der Waals surface area contributed by atoms with Crippen LogP contribution in [-0.4, -0.2) is 5.11 Å². The second-order valence-electron chi connectivity index (χ2n) is 3.89. The van der Waals surface area contributed by atoms with Crippen molar-refractivity contribution in [2.24, 2.45) is 0 Å². The van der Waals surface area contributed by atoms with E-state index in [1.54, 1.807) is 0 Å².